The van der Waals surface area contributed by atoms with Crippen LogP contribution in [0.1, 0.15) is 11.1 Å². The summed E-state index contributed by atoms with van der Waals surface area (Å²) >= 11 is 0. The molecule has 2 aromatic carbocycles. The second-order valence-corrected chi connectivity index (χ2v) is 4.26. The van der Waals surface area contributed by atoms with E-state index in [-0.39, 0.29) is 0 Å². The van der Waals surface area contributed by atoms with E-state index >= 15 is 0 Å². The zero-order valence-electron chi connectivity index (χ0n) is 11.3. The molecule has 0 atom stereocenters. The smallest absolute Gasteiger partial charge is 0.123 e. The standard InChI is InChI=1S/C16H19NO2/c1-18-12-14-8-3-5-9-15(14)17-11-13-7-4-6-10-16(13)19-2/h3-10,17H,11-12H2,1-2H3. The fraction of sp³-hybridized carbons (Fsp3) is 0.250. The summed E-state index contributed by atoms with van der Waals surface area (Å²) in [5.41, 5.74) is 3.38. The molecule has 0 saturated heterocycles. The molecule has 0 aromatic heterocycles. The van der Waals surface area contributed by atoms with Gasteiger partial charge in [-0.05, 0) is 12.1 Å². The van der Waals surface area contributed by atoms with Crippen molar-refractivity contribution in [3.63, 3.8) is 0 Å². The predicted octanol–water partition coefficient (Wildman–Crippen LogP) is 3.45. The second kappa shape index (κ2) is 6.81. The molecule has 2 rings (SSSR count). The Labute approximate surface area is 114 Å². The van der Waals surface area contributed by atoms with Crippen molar-refractivity contribution in [1.29, 1.82) is 0 Å². The first-order chi connectivity index (χ1) is 9.35. The molecule has 0 radical (unpaired) electrons. The summed E-state index contributed by atoms with van der Waals surface area (Å²) in [5.74, 6) is 0.902. The van der Waals surface area contributed by atoms with E-state index in [1.54, 1.807) is 14.2 Å². The summed E-state index contributed by atoms with van der Waals surface area (Å²) < 4.78 is 10.5. The third-order valence-electron chi connectivity index (χ3n) is 2.98. The van der Waals surface area contributed by atoms with Crippen LogP contribution in [0.2, 0.25) is 0 Å². The van der Waals surface area contributed by atoms with Crippen LogP contribution in [0.3, 0.4) is 0 Å². The van der Waals surface area contributed by atoms with Crippen molar-refractivity contribution in [3.05, 3.63) is 59.7 Å². The molecule has 3 heteroatoms. The number of para-hydroxylation sites is 2. The maximum atomic E-state index is 5.35. The summed E-state index contributed by atoms with van der Waals surface area (Å²) in [5, 5.41) is 3.43. The van der Waals surface area contributed by atoms with Gasteiger partial charge in [-0.3, -0.25) is 0 Å². The number of nitrogens with one attached hydrogen (secondary N) is 1. The highest BCUT2D eigenvalue weighted by Gasteiger charge is 2.04. The molecule has 0 amide bonds. The number of hydrogen-bond donors (Lipinski definition) is 1. The summed E-state index contributed by atoms with van der Waals surface area (Å²) in [6.45, 7) is 1.33. The van der Waals surface area contributed by atoms with E-state index in [1.807, 2.05) is 30.3 Å². The number of benzene rings is 2. The Bertz CT molecular complexity index is 526. The lowest BCUT2D eigenvalue weighted by Crippen LogP contribution is -2.04. The number of methoxy groups -OCH3 is 2. The molecule has 3 nitrogen and oxygen atoms in total. The summed E-state index contributed by atoms with van der Waals surface area (Å²) in [7, 11) is 3.40. The van der Waals surface area contributed by atoms with Gasteiger partial charge in [0.05, 0.1) is 13.7 Å². The molecule has 0 heterocycles. The van der Waals surface area contributed by atoms with E-state index in [1.165, 1.54) is 0 Å². The first-order valence-electron chi connectivity index (χ1n) is 6.27. The largest absolute Gasteiger partial charge is 0.496 e. The quantitative estimate of drug-likeness (QED) is 0.859. The fourth-order valence-electron chi connectivity index (χ4n) is 2.01. The summed E-state index contributed by atoms with van der Waals surface area (Å²) in [6, 6.07) is 16.2. The van der Waals surface area contributed by atoms with Crippen molar-refractivity contribution in [1.82, 2.24) is 0 Å². The Morgan fingerprint density at radius 3 is 2.32 bits per heavy atom. The molecule has 2 aromatic rings. The minimum absolute atomic E-state index is 0.606. The molecule has 0 aliphatic heterocycles. The zero-order valence-corrected chi connectivity index (χ0v) is 11.3. The molecular weight excluding hydrogens is 238 g/mol. The van der Waals surface area contributed by atoms with Gasteiger partial charge in [-0.1, -0.05) is 36.4 Å². The number of hydrogen-bond acceptors (Lipinski definition) is 3. The summed E-state index contributed by atoms with van der Waals surface area (Å²) in [6.07, 6.45) is 0. The van der Waals surface area contributed by atoms with E-state index < -0.39 is 0 Å². The highest BCUT2D eigenvalue weighted by atomic mass is 16.5. The molecule has 0 aliphatic rings. The lowest BCUT2D eigenvalue weighted by atomic mass is 10.1. The minimum Gasteiger partial charge on any atom is -0.496 e. The fourth-order valence-corrected chi connectivity index (χ4v) is 2.01. The average Bonchev–Trinajstić information content (AvgIpc) is 2.47. The van der Waals surface area contributed by atoms with Crippen LogP contribution in [0.5, 0.6) is 5.75 Å². The Morgan fingerprint density at radius 2 is 1.58 bits per heavy atom. The highest BCUT2D eigenvalue weighted by Crippen LogP contribution is 2.21. The van der Waals surface area contributed by atoms with Crippen molar-refractivity contribution >= 4 is 5.69 Å². The predicted molar refractivity (Wildman–Crippen MR) is 77.5 cm³/mol. The van der Waals surface area contributed by atoms with Crippen molar-refractivity contribution in [2.24, 2.45) is 0 Å². The number of ether oxygens (including phenoxy) is 2. The van der Waals surface area contributed by atoms with Crippen molar-refractivity contribution in [2.75, 3.05) is 19.5 Å². The van der Waals surface area contributed by atoms with Gasteiger partial charge >= 0.3 is 0 Å². The van der Waals surface area contributed by atoms with Crippen LogP contribution in [0.15, 0.2) is 48.5 Å². The zero-order chi connectivity index (χ0) is 13.5. The first kappa shape index (κ1) is 13.4. The lowest BCUT2D eigenvalue weighted by molar-refractivity contribution is 0.185. The van der Waals surface area contributed by atoms with Gasteiger partial charge in [0, 0.05) is 30.5 Å². The maximum absolute atomic E-state index is 5.35. The van der Waals surface area contributed by atoms with E-state index in [4.69, 9.17) is 9.47 Å². The van der Waals surface area contributed by atoms with Gasteiger partial charge < -0.3 is 14.8 Å². The first-order valence-corrected chi connectivity index (χ1v) is 6.27. The van der Waals surface area contributed by atoms with Gasteiger partial charge in [-0.2, -0.15) is 0 Å². The van der Waals surface area contributed by atoms with E-state index in [0.29, 0.717) is 6.61 Å². The Kier molecular flexibility index (Phi) is 4.81. The normalized spacial score (nSPS) is 10.2. The van der Waals surface area contributed by atoms with Crippen LogP contribution in [0.4, 0.5) is 5.69 Å². The molecule has 0 unspecified atom stereocenters. The topological polar surface area (TPSA) is 30.5 Å². The third-order valence-corrected chi connectivity index (χ3v) is 2.98. The van der Waals surface area contributed by atoms with E-state index in [0.717, 1.165) is 29.1 Å². The minimum atomic E-state index is 0.606. The van der Waals surface area contributed by atoms with Gasteiger partial charge in [-0.15, -0.1) is 0 Å². The van der Waals surface area contributed by atoms with Crippen LogP contribution in [0.25, 0.3) is 0 Å². The average molecular weight is 257 g/mol. The molecule has 0 fully saturated rings. The molecule has 100 valence electrons. The van der Waals surface area contributed by atoms with Crippen molar-refractivity contribution in [3.8, 4) is 5.75 Å². The van der Waals surface area contributed by atoms with Crippen molar-refractivity contribution < 1.29 is 9.47 Å². The van der Waals surface area contributed by atoms with Gasteiger partial charge in [0.15, 0.2) is 0 Å². The maximum Gasteiger partial charge on any atom is 0.123 e. The lowest BCUT2D eigenvalue weighted by Gasteiger charge is -2.13. The molecular formula is C16H19NO2. The van der Waals surface area contributed by atoms with Gasteiger partial charge in [0.25, 0.3) is 0 Å². The van der Waals surface area contributed by atoms with Gasteiger partial charge in [0.2, 0.25) is 0 Å². The van der Waals surface area contributed by atoms with Gasteiger partial charge in [-0.25, -0.2) is 0 Å². The molecule has 1 N–H and O–H groups in total. The SMILES string of the molecule is COCc1ccccc1NCc1ccccc1OC. The number of rotatable bonds is 6. The monoisotopic (exact) mass is 257 g/mol. The van der Waals surface area contributed by atoms with Crippen LogP contribution in [-0.2, 0) is 17.9 Å². The summed E-state index contributed by atoms with van der Waals surface area (Å²) in [4.78, 5) is 0. The number of anilines is 1. The van der Waals surface area contributed by atoms with Crippen LogP contribution in [-0.4, -0.2) is 14.2 Å². The van der Waals surface area contributed by atoms with Gasteiger partial charge in [0.1, 0.15) is 5.75 Å². The molecule has 0 aliphatic carbocycles. The van der Waals surface area contributed by atoms with E-state index in [2.05, 4.69) is 23.5 Å². The molecule has 0 bridgehead atoms. The Hall–Kier alpha value is -2.00. The second-order valence-electron chi connectivity index (χ2n) is 4.26. The Balaban J connectivity index is 2.10. The highest BCUT2D eigenvalue weighted by molar-refractivity contribution is 5.51. The van der Waals surface area contributed by atoms with Crippen LogP contribution < -0.4 is 10.1 Å². The third kappa shape index (κ3) is 3.48. The Morgan fingerprint density at radius 1 is 0.895 bits per heavy atom. The molecule has 0 saturated carbocycles. The van der Waals surface area contributed by atoms with Crippen molar-refractivity contribution in [2.45, 2.75) is 13.2 Å². The van der Waals surface area contributed by atoms with Crippen LogP contribution >= 0.6 is 0 Å². The molecule has 19 heavy (non-hydrogen) atoms. The van der Waals surface area contributed by atoms with Crippen LogP contribution in [0, 0.1) is 0 Å². The molecule has 0 spiro atoms. The van der Waals surface area contributed by atoms with E-state index in [9.17, 15) is 0 Å².